The summed E-state index contributed by atoms with van der Waals surface area (Å²) in [6.07, 6.45) is 4.81. The Morgan fingerprint density at radius 2 is 2.43 bits per heavy atom. The maximum atomic E-state index is 9.94. The summed E-state index contributed by atoms with van der Waals surface area (Å²) >= 11 is 5.13. The van der Waals surface area contributed by atoms with Crippen molar-refractivity contribution in [2.45, 2.75) is 32.3 Å². The number of rotatable bonds is 7. The molecule has 2 rings (SSSR count). The Labute approximate surface area is 141 Å². The Kier molecular flexibility index (Phi) is 7.09. The monoisotopic (exact) mass is 337 g/mol. The summed E-state index contributed by atoms with van der Waals surface area (Å²) in [5, 5.41) is 17.4. The van der Waals surface area contributed by atoms with Crippen molar-refractivity contribution < 1.29 is 14.6 Å². The van der Waals surface area contributed by atoms with Gasteiger partial charge in [-0.3, -0.25) is 5.43 Å². The second kappa shape index (κ2) is 9.32. The Hall–Kier alpha value is -1.86. The molecule has 0 radical (unpaired) electrons. The Balaban J connectivity index is 1.76. The van der Waals surface area contributed by atoms with Crippen LogP contribution in [0.2, 0.25) is 0 Å². The summed E-state index contributed by atoms with van der Waals surface area (Å²) in [5.41, 5.74) is 3.31. The zero-order valence-electron chi connectivity index (χ0n) is 13.2. The highest BCUT2D eigenvalue weighted by atomic mass is 32.1. The van der Waals surface area contributed by atoms with Gasteiger partial charge in [-0.2, -0.15) is 5.10 Å². The van der Waals surface area contributed by atoms with Gasteiger partial charge in [0, 0.05) is 24.8 Å². The van der Waals surface area contributed by atoms with Gasteiger partial charge in [-0.25, -0.2) is 0 Å². The smallest absolute Gasteiger partial charge is 0.187 e. The van der Waals surface area contributed by atoms with Crippen LogP contribution in [-0.2, 0) is 4.74 Å². The molecule has 1 saturated heterocycles. The maximum Gasteiger partial charge on any atom is 0.187 e. The van der Waals surface area contributed by atoms with E-state index in [0.717, 1.165) is 25.9 Å². The van der Waals surface area contributed by atoms with Gasteiger partial charge in [0.2, 0.25) is 0 Å². The topological polar surface area (TPSA) is 75.1 Å². The van der Waals surface area contributed by atoms with E-state index in [2.05, 4.69) is 15.8 Å². The number of thiocarbonyl (C=S) groups is 1. The van der Waals surface area contributed by atoms with E-state index in [1.54, 1.807) is 18.2 Å². The van der Waals surface area contributed by atoms with Crippen molar-refractivity contribution in [1.82, 2.24) is 10.7 Å². The minimum absolute atomic E-state index is 0.113. The number of phenols is 1. The van der Waals surface area contributed by atoms with Crippen LogP contribution in [0.3, 0.4) is 0 Å². The number of nitrogens with zero attached hydrogens (tertiary/aromatic N) is 1. The number of hydrazone groups is 1. The minimum atomic E-state index is 0.113. The molecule has 7 heteroatoms. The van der Waals surface area contributed by atoms with Crippen LogP contribution in [0.4, 0.5) is 0 Å². The molecule has 3 N–H and O–H groups in total. The van der Waals surface area contributed by atoms with Crippen LogP contribution in [-0.4, -0.2) is 42.3 Å². The Morgan fingerprint density at radius 1 is 1.57 bits per heavy atom. The maximum absolute atomic E-state index is 9.94. The molecule has 23 heavy (non-hydrogen) atoms. The first-order chi connectivity index (χ1) is 11.2. The third-order valence-electron chi connectivity index (χ3n) is 3.36. The van der Waals surface area contributed by atoms with E-state index in [9.17, 15) is 5.11 Å². The van der Waals surface area contributed by atoms with Crippen LogP contribution in [0.15, 0.2) is 23.3 Å². The summed E-state index contributed by atoms with van der Waals surface area (Å²) < 4.78 is 11.0. The van der Waals surface area contributed by atoms with Crippen molar-refractivity contribution in [3.8, 4) is 11.5 Å². The van der Waals surface area contributed by atoms with Gasteiger partial charge < -0.3 is 19.9 Å². The second-order valence-electron chi connectivity index (χ2n) is 5.28. The fourth-order valence-electron chi connectivity index (χ4n) is 2.15. The van der Waals surface area contributed by atoms with Gasteiger partial charge >= 0.3 is 0 Å². The van der Waals surface area contributed by atoms with E-state index in [4.69, 9.17) is 21.7 Å². The van der Waals surface area contributed by atoms with Gasteiger partial charge in [-0.15, -0.1) is 0 Å². The number of phenolic OH excluding ortho intramolecular Hbond substituents is 1. The van der Waals surface area contributed by atoms with Gasteiger partial charge in [-0.05, 0) is 43.6 Å². The van der Waals surface area contributed by atoms with E-state index in [1.807, 2.05) is 6.92 Å². The van der Waals surface area contributed by atoms with Crippen LogP contribution in [0, 0.1) is 0 Å². The van der Waals surface area contributed by atoms with E-state index in [1.165, 1.54) is 6.21 Å². The summed E-state index contributed by atoms with van der Waals surface area (Å²) in [6, 6.07) is 5.12. The minimum Gasteiger partial charge on any atom is -0.507 e. The van der Waals surface area contributed by atoms with E-state index < -0.39 is 0 Å². The first-order valence-electron chi connectivity index (χ1n) is 7.83. The average molecular weight is 337 g/mol. The molecule has 0 aromatic heterocycles. The number of ether oxygens (including phenoxy) is 2. The Bertz CT molecular complexity index is 545. The van der Waals surface area contributed by atoms with E-state index in [-0.39, 0.29) is 11.9 Å². The lowest BCUT2D eigenvalue weighted by atomic mass is 10.2. The molecule has 1 aliphatic rings. The molecule has 0 spiro atoms. The van der Waals surface area contributed by atoms with Gasteiger partial charge in [-0.1, -0.05) is 6.92 Å². The molecule has 1 aliphatic heterocycles. The molecule has 1 unspecified atom stereocenters. The molecule has 1 heterocycles. The van der Waals surface area contributed by atoms with Crippen molar-refractivity contribution in [3.63, 3.8) is 0 Å². The van der Waals surface area contributed by atoms with Crippen molar-refractivity contribution >= 4 is 23.5 Å². The summed E-state index contributed by atoms with van der Waals surface area (Å²) in [4.78, 5) is 0. The fraction of sp³-hybridized carbons (Fsp3) is 0.500. The van der Waals surface area contributed by atoms with Gasteiger partial charge in [0.05, 0.1) is 18.9 Å². The zero-order chi connectivity index (χ0) is 16.5. The third kappa shape index (κ3) is 6.03. The van der Waals surface area contributed by atoms with Crippen molar-refractivity contribution in [1.29, 1.82) is 0 Å². The molecule has 126 valence electrons. The normalized spacial score (nSPS) is 17.3. The second-order valence-corrected chi connectivity index (χ2v) is 5.69. The molecular formula is C16H23N3O3S. The highest BCUT2D eigenvalue weighted by molar-refractivity contribution is 7.80. The number of aromatic hydroxyl groups is 1. The van der Waals surface area contributed by atoms with Gasteiger partial charge in [0.15, 0.2) is 5.11 Å². The summed E-state index contributed by atoms with van der Waals surface area (Å²) in [7, 11) is 0. The molecule has 0 amide bonds. The quantitative estimate of drug-likeness (QED) is 0.402. The predicted molar refractivity (Wildman–Crippen MR) is 94.2 cm³/mol. The third-order valence-corrected chi connectivity index (χ3v) is 3.59. The number of nitrogens with one attached hydrogen (secondary N) is 2. The van der Waals surface area contributed by atoms with Crippen molar-refractivity contribution in [2.24, 2.45) is 5.10 Å². The Morgan fingerprint density at radius 3 is 3.13 bits per heavy atom. The SMILES string of the molecule is CCCOc1ccc(C=NNC(=S)NCC2CCCO2)c(O)c1. The van der Waals surface area contributed by atoms with Gasteiger partial charge in [0.1, 0.15) is 11.5 Å². The molecule has 0 saturated carbocycles. The molecular weight excluding hydrogens is 314 g/mol. The number of benzene rings is 1. The molecule has 1 aromatic carbocycles. The fourth-order valence-corrected chi connectivity index (χ4v) is 2.29. The van der Waals surface area contributed by atoms with Crippen LogP contribution >= 0.6 is 12.2 Å². The summed E-state index contributed by atoms with van der Waals surface area (Å²) in [5.74, 6) is 0.755. The molecule has 6 nitrogen and oxygen atoms in total. The lowest BCUT2D eigenvalue weighted by molar-refractivity contribution is 0.114. The number of hydrogen-bond acceptors (Lipinski definition) is 5. The summed E-state index contributed by atoms with van der Waals surface area (Å²) in [6.45, 7) is 4.15. The highest BCUT2D eigenvalue weighted by Gasteiger charge is 2.14. The van der Waals surface area contributed by atoms with Crippen LogP contribution in [0.5, 0.6) is 11.5 Å². The molecule has 1 aromatic rings. The van der Waals surface area contributed by atoms with Gasteiger partial charge in [0.25, 0.3) is 0 Å². The van der Waals surface area contributed by atoms with Crippen LogP contribution in [0.1, 0.15) is 31.7 Å². The standard InChI is InChI=1S/C16H23N3O3S/c1-2-7-21-13-6-5-12(15(20)9-13)10-18-19-16(23)17-11-14-4-3-8-22-14/h5-6,9-10,14,20H,2-4,7-8,11H2,1H3,(H2,17,19,23). The number of hydrogen-bond donors (Lipinski definition) is 3. The van der Waals surface area contributed by atoms with E-state index in [0.29, 0.717) is 29.6 Å². The molecule has 1 fully saturated rings. The molecule has 0 aliphatic carbocycles. The van der Waals surface area contributed by atoms with Crippen molar-refractivity contribution in [2.75, 3.05) is 19.8 Å². The molecule has 0 bridgehead atoms. The van der Waals surface area contributed by atoms with Crippen LogP contribution < -0.4 is 15.5 Å². The lowest BCUT2D eigenvalue weighted by Gasteiger charge is -2.11. The highest BCUT2D eigenvalue weighted by Crippen LogP contribution is 2.22. The first-order valence-corrected chi connectivity index (χ1v) is 8.24. The van der Waals surface area contributed by atoms with E-state index >= 15 is 0 Å². The zero-order valence-corrected chi connectivity index (χ0v) is 14.1. The first kappa shape index (κ1) is 17.5. The lowest BCUT2D eigenvalue weighted by Crippen LogP contribution is -2.37. The van der Waals surface area contributed by atoms with Crippen LogP contribution in [0.25, 0.3) is 0 Å². The predicted octanol–water partition coefficient (Wildman–Crippen LogP) is 2.16. The molecule has 1 atom stereocenters. The van der Waals surface area contributed by atoms with Crippen molar-refractivity contribution in [3.05, 3.63) is 23.8 Å². The largest absolute Gasteiger partial charge is 0.507 e. The average Bonchev–Trinajstić information content (AvgIpc) is 3.06.